The van der Waals surface area contributed by atoms with E-state index in [0.717, 1.165) is 36.1 Å². The van der Waals surface area contributed by atoms with Crippen molar-refractivity contribution in [3.8, 4) is 11.5 Å². The summed E-state index contributed by atoms with van der Waals surface area (Å²) in [6.07, 6.45) is 7.79. The fraction of sp³-hybridized carbons (Fsp3) is 0.472. The van der Waals surface area contributed by atoms with Crippen LogP contribution in [0.3, 0.4) is 0 Å². The van der Waals surface area contributed by atoms with Gasteiger partial charge in [-0.3, -0.25) is 9.88 Å². The van der Waals surface area contributed by atoms with Crippen molar-refractivity contribution in [3.63, 3.8) is 0 Å². The molecule has 5 nitrogen and oxygen atoms in total. The van der Waals surface area contributed by atoms with Crippen LogP contribution in [0.15, 0.2) is 66.2 Å². The Bertz CT molecular complexity index is 1320. The molecular formula is C36H50N2O3S. The second-order valence-corrected chi connectivity index (χ2v) is 11.5. The van der Waals surface area contributed by atoms with Gasteiger partial charge in [-0.15, -0.1) is 11.3 Å². The highest BCUT2D eigenvalue weighted by molar-refractivity contribution is 7.09. The predicted molar refractivity (Wildman–Crippen MR) is 178 cm³/mol. The fourth-order valence-corrected chi connectivity index (χ4v) is 6.17. The lowest BCUT2D eigenvalue weighted by atomic mass is 9.95. The van der Waals surface area contributed by atoms with Crippen LogP contribution in [0.2, 0.25) is 0 Å². The Hall–Kier alpha value is -2.93. The second-order valence-electron chi connectivity index (χ2n) is 10.4. The minimum Gasteiger partial charge on any atom is -0.497 e. The van der Waals surface area contributed by atoms with Crippen LogP contribution in [0.1, 0.15) is 74.2 Å². The largest absolute Gasteiger partial charge is 0.497 e. The summed E-state index contributed by atoms with van der Waals surface area (Å²) in [5.41, 5.74) is 4.08. The van der Waals surface area contributed by atoms with Crippen LogP contribution < -0.4 is 9.47 Å². The number of aromatic nitrogens is 1. The van der Waals surface area contributed by atoms with Crippen LogP contribution in [-0.4, -0.2) is 49.9 Å². The standard InChI is InChI=1S/C20H25NO.C10H14O2.C4H5NS.C2H6/c1-15-7-8-18-16(14-15)4-2-5-19(18)20-6-3-11-21(20)17-9-12-22-13-10-17;1-4-8-5-6-9(11-2)7-10(8)12-3;1-4-5-2-3-6-4;1-2/h2,4-5,7-8,14,17,20H,3,6,9-13H2,1H3;5-7H,4H2,1-3H3;2-3H,1H3;1-2H3. The molecule has 3 aromatic carbocycles. The number of aryl methyl sites for hydroxylation is 3. The zero-order chi connectivity index (χ0) is 30.3. The number of hydrogen-bond acceptors (Lipinski definition) is 6. The van der Waals surface area contributed by atoms with Gasteiger partial charge in [0.25, 0.3) is 0 Å². The van der Waals surface area contributed by atoms with E-state index in [1.807, 2.05) is 44.4 Å². The zero-order valence-corrected chi connectivity index (χ0v) is 27.5. The first-order valence-corrected chi connectivity index (χ1v) is 16.3. The van der Waals surface area contributed by atoms with Gasteiger partial charge in [-0.2, -0.15) is 0 Å². The first-order valence-electron chi connectivity index (χ1n) is 15.4. The molecule has 6 rings (SSSR count). The number of rotatable bonds is 5. The number of thiazole rings is 1. The van der Waals surface area contributed by atoms with E-state index in [9.17, 15) is 0 Å². The van der Waals surface area contributed by atoms with E-state index < -0.39 is 0 Å². The average Bonchev–Trinajstić information content (AvgIpc) is 3.74. The Morgan fingerprint density at radius 1 is 0.952 bits per heavy atom. The maximum atomic E-state index is 5.56. The second kappa shape index (κ2) is 17.9. The highest BCUT2D eigenvalue weighted by atomic mass is 32.1. The molecule has 0 radical (unpaired) electrons. The Balaban J connectivity index is 0.000000203. The maximum Gasteiger partial charge on any atom is 0.125 e. The number of benzene rings is 3. The summed E-state index contributed by atoms with van der Waals surface area (Å²) >= 11 is 1.67. The lowest BCUT2D eigenvalue weighted by Gasteiger charge is -2.36. The molecule has 6 heteroatoms. The third kappa shape index (κ3) is 9.29. The number of likely N-dealkylation sites (tertiary alicyclic amines) is 1. The van der Waals surface area contributed by atoms with Gasteiger partial charge in [0.2, 0.25) is 0 Å². The summed E-state index contributed by atoms with van der Waals surface area (Å²) < 4.78 is 15.8. The highest BCUT2D eigenvalue weighted by Crippen LogP contribution is 2.39. The lowest BCUT2D eigenvalue weighted by Crippen LogP contribution is -2.39. The average molecular weight is 591 g/mol. The fourth-order valence-electron chi connectivity index (χ4n) is 5.73. The van der Waals surface area contributed by atoms with Crippen molar-refractivity contribution in [2.24, 2.45) is 0 Å². The summed E-state index contributed by atoms with van der Waals surface area (Å²) in [5, 5.41) is 5.93. The summed E-state index contributed by atoms with van der Waals surface area (Å²) in [7, 11) is 3.33. The molecule has 1 aromatic heterocycles. The topological polar surface area (TPSA) is 43.8 Å². The quantitative estimate of drug-likeness (QED) is 0.232. The van der Waals surface area contributed by atoms with Crippen molar-refractivity contribution in [3.05, 3.63) is 87.9 Å². The number of ether oxygens (including phenoxy) is 3. The molecule has 3 heterocycles. The normalized spacial score (nSPS) is 16.8. The summed E-state index contributed by atoms with van der Waals surface area (Å²) in [4.78, 5) is 6.70. The third-order valence-electron chi connectivity index (χ3n) is 7.81. The molecule has 42 heavy (non-hydrogen) atoms. The minimum absolute atomic E-state index is 0.592. The van der Waals surface area contributed by atoms with E-state index in [1.54, 1.807) is 31.8 Å². The molecule has 1 atom stereocenters. The Kier molecular flexibility index (Phi) is 14.3. The van der Waals surface area contributed by atoms with E-state index in [0.29, 0.717) is 12.1 Å². The molecular weight excluding hydrogens is 540 g/mol. The zero-order valence-electron chi connectivity index (χ0n) is 26.7. The van der Waals surface area contributed by atoms with Crippen molar-refractivity contribution < 1.29 is 14.2 Å². The smallest absolute Gasteiger partial charge is 0.125 e. The molecule has 4 aromatic rings. The molecule has 0 bridgehead atoms. The molecule has 2 aliphatic rings. The SMILES string of the molecule is CC.CCc1ccc(OC)cc1OC.Cc1ccc2c(C3CCCN3C3CCOCC3)cccc2c1.Cc1nccs1. The summed E-state index contributed by atoms with van der Waals surface area (Å²) in [5.74, 6) is 1.74. The van der Waals surface area contributed by atoms with Gasteiger partial charge in [0.05, 0.1) is 19.2 Å². The van der Waals surface area contributed by atoms with Crippen LogP contribution in [0.5, 0.6) is 11.5 Å². The lowest BCUT2D eigenvalue weighted by molar-refractivity contribution is 0.0293. The van der Waals surface area contributed by atoms with Crippen LogP contribution in [0, 0.1) is 13.8 Å². The molecule has 0 N–H and O–H groups in total. The Morgan fingerprint density at radius 2 is 1.74 bits per heavy atom. The van der Waals surface area contributed by atoms with Gasteiger partial charge < -0.3 is 14.2 Å². The van der Waals surface area contributed by atoms with Gasteiger partial charge in [-0.05, 0) is 80.5 Å². The molecule has 2 fully saturated rings. The Labute approximate surface area is 257 Å². The molecule has 0 saturated carbocycles. The summed E-state index contributed by atoms with van der Waals surface area (Å²) in [6.45, 7) is 13.4. The van der Waals surface area contributed by atoms with E-state index in [2.05, 4.69) is 60.1 Å². The van der Waals surface area contributed by atoms with Gasteiger partial charge in [0.1, 0.15) is 11.5 Å². The molecule has 2 aliphatic heterocycles. The van der Waals surface area contributed by atoms with E-state index >= 15 is 0 Å². The number of methoxy groups -OCH3 is 2. The highest BCUT2D eigenvalue weighted by Gasteiger charge is 2.33. The molecule has 0 aliphatic carbocycles. The number of fused-ring (bicyclic) bond motifs is 1. The molecule has 228 valence electrons. The van der Waals surface area contributed by atoms with Crippen LogP contribution in [0.25, 0.3) is 10.8 Å². The number of nitrogens with zero attached hydrogens (tertiary/aromatic N) is 2. The monoisotopic (exact) mass is 590 g/mol. The van der Waals surface area contributed by atoms with Crippen molar-refractivity contribution in [2.75, 3.05) is 34.0 Å². The van der Waals surface area contributed by atoms with Crippen LogP contribution in [-0.2, 0) is 11.2 Å². The van der Waals surface area contributed by atoms with Crippen molar-refractivity contribution >= 4 is 22.1 Å². The van der Waals surface area contributed by atoms with Gasteiger partial charge in [0, 0.05) is 42.9 Å². The Morgan fingerprint density at radius 3 is 2.36 bits per heavy atom. The van der Waals surface area contributed by atoms with Gasteiger partial charge in [-0.1, -0.05) is 68.8 Å². The molecule has 0 spiro atoms. The van der Waals surface area contributed by atoms with E-state index in [4.69, 9.17) is 14.2 Å². The molecule has 0 amide bonds. The minimum atomic E-state index is 0.592. The first kappa shape index (κ1) is 33.6. The molecule has 2 saturated heterocycles. The third-order valence-corrected chi connectivity index (χ3v) is 8.52. The first-order chi connectivity index (χ1) is 20.5. The van der Waals surface area contributed by atoms with Crippen molar-refractivity contribution in [2.45, 2.75) is 78.8 Å². The van der Waals surface area contributed by atoms with E-state index in [-0.39, 0.29) is 0 Å². The predicted octanol–water partition coefficient (Wildman–Crippen LogP) is 9.21. The van der Waals surface area contributed by atoms with Gasteiger partial charge >= 0.3 is 0 Å². The van der Waals surface area contributed by atoms with Crippen molar-refractivity contribution in [1.29, 1.82) is 0 Å². The maximum absolute atomic E-state index is 5.56. The number of hydrogen-bond donors (Lipinski definition) is 0. The van der Waals surface area contributed by atoms with Crippen LogP contribution >= 0.6 is 11.3 Å². The van der Waals surface area contributed by atoms with E-state index in [1.165, 1.54) is 59.7 Å². The summed E-state index contributed by atoms with van der Waals surface area (Å²) in [6, 6.07) is 20.9. The van der Waals surface area contributed by atoms with Crippen molar-refractivity contribution in [1.82, 2.24) is 9.88 Å². The van der Waals surface area contributed by atoms with Gasteiger partial charge in [-0.25, -0.2) is 0 Å². The van der Waals surface area contributed by atoms with Gasteiger partial charge in [0.15, 0.2) is 0 Å². The molecule has 1 unspecified atom stereocenters. The van der Waals surface area contributed by atoms with Crippen LogP contribution in [0.4, 0.5) is 0 Å².